The lowest BCUT2D eigenvalue weighted by atomic mass is 9.88. The molecule has 0 bridgehead atoms. The Morgan fingerprint density at radius 1 is 0.941 bits per heavy atom. The van der Waals surface area contributed by atoms with Gasteiger partial charge in [-0.25, -0.2) is 4.79 Å². The molecule has 2 amide bonds. The number of benzene rings is 1. The van der Waals surface area contributed by atoms with Crippen molar-refractivity contribution in [2.75, 3.05) is 0 Å². The molecule has 1 aromatic carbocycles. The third-order valence-electron chi connectivity index (χ3n) is 5.26. The van der Waals surface area contributed by atoms with Crippen LogP contribution in [-0.2, 0) is 30.5 Å². The first-order valence-corrected chi connectivity index (χ1v) is 12.0. The van der Waals surface area contributed by atoms with Crippen molar-refractivity contribution in [1.29, 1.82) is 0 Å². The molecule has 0 aliphatic rings. The fourth-order valence-corrected chi connectivity index (χ4v) is 3.69. The number of carbonyl (C=O) groups is 4. The van der Waals surface area contributed by atoms with Gasteiger partial charge in [-0.15, -0.1) is 0 Å². The van der Waals surface area contributed by atoms with Crippen LogP contribution >= 0.6 is 0 Å². The van der Waals surface area contributed by atoms with E-state index in [4.69, 9.17) is 10.5 Å². The van der Waals surface area contributed by atoms with Gasteiger partial charge in [-0.05, 0) is 42.6 Å². The maximum Gasteiger partial charge on any atom is 0.336 e. The van der Waals surface area contributed by atoms with Gasteiger partial charge in [0, 0.05) is 0 Å². The van der Waals surface area contributed by atoms with Gasteiger partial charge >= 0.3 is 5.97 Å². The van der Waals surface area contributed by atoms with Gasteiger partial charge in [-0.2, -0.15) is 0 Å². The van der Waals surface area contributed by atoms with Crippen LogP contribution in [0.25, 0.3) is 0 Å². The van der Waals surface area contributed by atoms with E-state index >= 15 is 0 Å². The normalized spacial score (nSPS) is 14.9. The fraction of sp³-hybridized carbons (Fsp3) is 0.615. The summed E-state index contributed by atoms with van der Waals surface area (Å²) in [5.74, 6) is -1.91. The molecule has 0 aliphatic carbocycles. The quantitative estimate of drug-likeness (QED) is 0.216. The number of hydrogen-bond donors (Lipinski definition) is 3. The number of carbonyl (C=O) groups excluding carboxylic acids is 4. The summed E-state index contributed by atoms with van der Waals surface area (Å²) in [7, 11) is 0. The van der Waals surface area contributed by atoms with E-state index in [0.717, 1.165) is 5.56 Å². The summed E-state index contributed by atoms with van der Waals surface area (Å²) < 4.78 is 5.39. The zero-order valence-corrected chi connectivity index (χ0v) is 21.3. The molecule has 0 saturated carbocycles. The van der Waals surface area contributed by atoms with Crippen molar-refractivity contribution in [3.05, 3.63) is 35.9 Å². The van der Waals surface area contributed by atoms with Crippen molar-refractivity contribution in [1.82, 2.24) is 10.6 Å². The summed E-state index contributed by atoms with van der Waals surface area (Å²) in [6.07, 6.45) is 1.55. The minimum absolute atomic E-state index is 0.0177. The molecule has 34 heavy (non-hydrogen) atoms. The van der Waals surface area contributed by atoms with Gasteiger partial charge in [-0.1, -0.05) is 71.9 Å². The van der Waals surface area contributed by atoms with Gasteiger partial charge in [-0.3, -0.25) is 9.59 Å². The monoisotopic (exact) mass is 475 g/mol. The summed E-state index contributed by atoms with van der Waals surface area (Å²) in [6.45, 7) is 11.4. The molecule has 4 N–H and O–H groups in total. The van der Waals surface area contributed by atoms with Crippen LogP contribution in [0.2, 0.25) is 0 Å². The number of nitrogens with two attached hydrogens (primary N) is 1. The molecule has 0 aliphatic heterocycles. The van der Waals surface area contributed by atoms with Crippen LogP contribution < -0.4 is 16.4 Å². The molecule has 0 unspecified atom stereocenters. The smallest absolute Gasteiger partial charge is 0.336 e. The van der Waals surface area contributed by atoms with Crippen molar-refractivity contribution < 1.29 is 23.9 Å². The van der Waals surface area contributed by atoms with Crippen molar-refractivity contribution >= 4 is 24.1 Å². The molecular formula is C26H41N3O5. The highest BCUT2D eigenvalue weighted by atomic mass is 16.5. The predicted molar refractivity (Wildman–Crippen MR) is 131 cm³/mol. The second kappa shape index (κ2) is 13.8. The average molecular weight is 476 g/mol. The van der Waals surface area contributed by atoms with Crippen molar-refractivity contribution in [2.24, 2.45) is 23.5 Å². The van der Waals surface area contributed by atoms with Crippen molar-refractivity contribution in [2.45, 2.75) is 85.0 Å². The Labute approximate surface area is 203 Å². The minimum atomic E-state index is -1.96. The van der Waals surface area contributed by atoms with E-state index in [2.05, 4.69) is 10.6 Å². The molecule has 3 atom stereocenters. The van der Waals surface area contributed by atoms with E-state index in [1.54, 1.807) is 12.1 Å². The zero-order valence-electron chi connectivity index (χ0n) is 21.3. The summed E-state index contributed by atoms with van der Waals surface area (Å²) in [6, 6.07) is 7.49. The molecular weight excluding hydrogens is 434 g/mol. The Bertz CT molecular complexity index is 810. The number of rotatable bonds is 14. The SMILES string of the molecule is CC(C)C[C@@H](C=O)NC(=O)[C@H](CC(C)C)NC(=O)[C@@](N)(CC(C)C)C(=O)OCc1ccccc1. The predicted octanol–water partition coefficient (Wildman–Crippen LogP) is 2.73. The standard InChI is InChI=1S/C26H41N3O5/c1-17(2)12-21(15-30)28-23(31)22(13-18(3)4)29-24(32)26(27,14-19(5)6)25(33)34-16-20-10-8-7-9-11-20/h7-11,15,17-19,21-22H,12-14,16,27H2,1-6H3,(H,28,31)(H,29,32)/t21-,22-,26-/m0/s1. The van der Waals surface area contributed by atoms with E-state index in [1.807, 2.05) is 59.7 Å². The van der Waals surface area contributed by atoms with E-state index in [1.165, 1.54) is 0 Å². The molecule has 1 aromatic rings. The number of esters is 1. The molecule has 0 spiro atoms. The topological polar surface area (TPSA) is 128 Å². The number of hydrogen-bond acceptors (Lipinski definition) is 6. The first-order chi connectivity index (χ1) is 15.9. The Morgan fingerprint density at radius 2 is 1.53 bits per heavy atom. The largest absolute Gasteiger partial charge is 0.459 e. The Balaban J connectivity index is 3.04. The van der Waals surface area contributed by atoms with Crippen LogP contribution in [-0.4, -0.2) is 41.7 Å². The number of ether oxygens (including phenoxy) is 1. The summed E-state index contributed by atoms with van der Waals surface area (Å²) >= 11 is 0. The summed E-state index contributed by atoms with van der Waals surface area (Å²) in [5, 5.41) is 5.36. The third kappa shape index (κ3) is 9.63. The van der Waals surface area contributed by atoms with Crippen LogP contribution in [0.15, 0.2) is 30.3 Å². The van der Waals surface area contributed by atoms with Crippen molar-refractivity contribution in [3.8, 4) is 0 Å². The highest BCUT2D eigenvalue weighted by Gasteiger charge is 2.45. The Kier molecular flexibility index (Phi) is 11.9. The molecule has 0 aromatic heterocycles. The Morgan fingerprint density at radius 3 is 2.03 bits per heavy atom. The van der Waals surface area contributed by atoms with E-state index < -0.39 is 35.4 Å². The van der Waals surface area contributed by atoms with E-state index in [-0.39, 0.29) is 30.8 Å². The van der Waals surface area contributed by atoms with Gasteiger partial charge in [0.2, 0.25) is 5.91 Å². The minimum Gasteiger partial charge on any atom is -0.459 e. The lowest BCUT2D eigenvalue weighted by Gasteiger charge is -2.30. The summed E-state index contributed by atoms with van der Waals surface area (Å²) in [5.41, 5.74) is 5.16. The van der Waals surface area contributed by atoms with Crippen molar-refractivity contribution in [3.63, 3.8) is 0 Å². The third-order valence-corrected chi connectivity index (χ3v) is 5.26. The van der Waals surface area contributed by atoms with Crippen LogP contribution in [0.4, 0.5) is 0 Å². The van der Waals surface area contributed by atoms with Crippen LogP contribution in [0.1, 0.15) is 66.4 Å². The second-order valence-corrected chi connectivity index (χ2v) is 10.2. The molecule has 0 radical (unpaired) electrons. The molecule has 190 valence electrons. The molecule has 0 saturated heterocycles. The zero-order chi connectivity index (χ0) is 25.9. The molecule has 0 fully saturated rings. The average Bonchev–Trinajstić information content (AvgIpc) is 2.75. The van der Waals surface area contributed by atoms with Gasteiger partial charge in [0.25, 0.3) is 5.91 Å². The number of nitrogens with one attached hydrogen (secondary N) is 2. The lowest BCUT2D eigenvalue weighted by molar-refractivity contribution is -0.157. The van der Waals surface area contributed by atoms with Crippen LogP contribution in [0, 0.1) is 17.8 Å². The fourth-order valence-electron chi connectivity index (χ4n) is 3.69. The molecule has 1 rings (SSSR count). The first-order valence-electron chi connectivity index (χ1n) is 12.0. The molecule has 0 heterocycles. The highest BCUT2D eigenvalue weighted by molar-refractivity contribution is 6.08. The van der Waals surface area contributed by atoms with Gasteiger partial charge < -0.3 is 25.9 Å². The van der Waals surface area contributed by atoms with E-state index in [9.17, 15) is 19.2 Å². The Hall–Kier alpha value is -2.74. The highest BCUT2D eigenvalue weighted by Crippen LogP contribution is 2.19. The lowest BCUT2D eigenvalue weighted by Crippen LogP contribution is -2.64. The molecule has 8 nitrogen and oxygen atoms in total. The summed E-state index contributed by atoms with van der Waals surface area (Å²) in [4.78, 5) is 50.6. The number of amides is 2. The number of aldehydes is 1. The second-order valence-electron chi connectivity index (χ2n) is 10.2. The van der Waals surface area contributed by atoms with Gasteiger partial charge in [0.15, 0.2) is 5.54 Å². The first kappa shape index (κ1) is 29.3. The van der Waals surface area contributed by atoms with Crippen LogP contribution in [0.5, 0.6) is 0 Å². The maximum absolute atomic E-state index is 13.3. The molecule has 8 heteroatoms. The van der Waals surface area contributed by atoms with Gasteiger partial charge in [0.1, 0.15) is 18.9 Å². The maximum atomic E-state index is 13.3. The van der Waals surface area contributed by atoms with Gasteiger partial charge in [0.05, 0.1) is 6.04 Å². The van der Waals surface area contributed by atoms with Crippen LogP contribution in [0.3, 0.4) is 0 Å². The van der Waals surface area contributed by atoms with E-state index in [0.29, 0.717) is 19.1 Å².